The summed E-state index contributed by atoms with van der Waals surface area (Å²) in [7, 11) is 0. The largest absolute Gasteiger partial charge is 0.379 e. The molecule has 4 heteroatoms. The molecule has 4 nitrogen and oxygen atoms in total. The molecule has 1 aromatic heterocycles. The number of hydrogen-bond donors (Lipinski definition) is 2. The summed E-state index contributed by atoms with van der Waals surface area (Å²) in [5, 5.41) is 10.9. The first-order chi connectivity index (χ1) is 8.20. The lowest BCUT2D eigenvalue weighted by Crippen LogP contribution is -2.26. The van der Waals surface area contributed by atoms with E-state index in [0.717, 1.165) is 11.4 Å². The van der Waals surface area contributed by atoms with Gasteiger partial charge in [0.25, 0.3) is 0 Å². The maximum absolute atomic E-state index is 4.24. The molecule has 0 aromatic carbocycles. The molecule has 1 saturated heterocycles. The molecule has 1 unspecified atom stereocenters. The van der Waals surface area contributed by atoms with E-state index in [4.69, 9.17) is 0 Å². The fraction of sp³-hybridized carbons (Fsp3) is 0.769. The molecule has 0 bridgehead atoms. The first-order valence-corrected chi connectivity index (χ1v) is 6.71. The van der Waals surface area contributed by atoms with E-state index in [-0.39, 0.29) is 0 Å². The Morgan fingerprint density at radius 3 is 2.82 bits per heavy atom. The van der Waals surface area contributed by atoms with Crippen LogP contribution >= 0.6 is 0 Å². The maximum atomic E-state index is 4.24. The third-order valence-corrected chi connectivity index (χ3v) is 3.74. The third kappa shape index (κ3) is 3.00. The zero-order valence-electron chi connectivity index (χ0n) is 11.2. The van der Waals surface area contributed by atoms with Crippen molar-refractivity contribution in [2.45, 2.75) is 46.1 Å². The molecular formula is C13H24N4. The number of anilines is 1. The second-order valence-corrected chi connectivity index (χ2v) is 5.02. The third-order valence-electron chi connectivity index (χ3n) is 3.74. The van der Waals surface area contributed by atoms with Crippen LogP contribution in [-0.4, -0.2) is 40.8 Å². The number of rotatable bonds is 3. The number of aromatic nitrogens is 2. The quantitative estimate of drug-likeness (QED) is 0.846. The zero-order chi connectivity index (χ0) is 12.3. The van der Waals surface area contributed by atoms with E-state index in [9.17, 15) is 0 Å². The highest BCUT2D eigenvalue weighted by Crippen LogP contribution is 2.21. The summed E-state index contributed by atoms with van der Waals surface area (Å²) in [5.41, 5.74) is 3.44. The number of likely N-dealkylation sites (tertiary alicyclic amines) is 1. The SMILES string of the molecule is CCN1CCCC(Nc2c(C)n[nH]c2C)CC1. The smallest absolute Gasteiger partial charge is 0.0825 e. The highest BCUT2D eigenvalue weighted by atomic mass is 15.2. The summed E-state index contributed by atoms with van der Waals surface area (Å²) in [5.74, 6) is 0. The predicted molar refractivity (Wildman–Crippen MR) is 71.4 cm³/mol. The highest BCUT2D eigenvalue weighted by molar-refractivity contribution is 5.52. The number of aromatic amines is 1. The van der Waals surface area contributed by atoms with Gasteiger partial charge in [-0.1, -0.05) is 6.92 Å². The Bertz CT molecular complexity index is 339. The van der Waals surface area contributed by atoms with E-state index in [1.165, 1.54) is 44.6 Å². The van der Waals surface area contributed by atoms with E-state index >= 15 is 0 Å². The van der Waals surface area contributed by atoms with Crippen LogP contribution in [0.2, 0.25) is 0 Å². The fourth-order valence-electron chi connectivity index (χ4n) is 2.58. The summed E-state index contributed by atoms with van der Waals surface area (Å²) in [6, 6.07) is 0.599. The van der Waals surface area contributed by atoms with Crippen molar-refractivity contribution in [3.63, 3.8) is 0 Å². The molecule has 0 spiro atoms. The van der Waals surface area contributed by atoms with Crippen LogP contribution in [0.1, 0.15) is 37.6 Å². The summed E-state index contributed by atoms with van der Waals surface area (Å²) in [6.45, 7) is 10.0. The van der Waals surface area contributed by atoms with Crippen LogP contribution in [-0.2, 0) is 0 Å². The lowest BCUT2D eigenvalue weighted by Gasteiger charge is -2.19. The van der Waals surface area contributed by atoms with Crippen molar-refractivity contribution >= 4 is 5.69 Å². The van der Waals surface area contributed by atoms with E-state index in [0.29, 0.717) is 6.04 Å². The van der Waals surface area contributed by atoms with Gasteiger partial charge in [0.2, 0.25) is 0 Å². The lowest BCUT2D eigenvalue weighted by molar-refractivity contribution is 0.300. The molecule has 1 atom stereocenters. The van der Waals surface area contributed by atoms with Gasteiger partial charge in [0.15, 0.2) is 0 Å². The molecule has 1 aliphatic heterocycles. The Kier molecular flexibility index (Phi) is 4.05. The van der Waals surface area contributed by atoms with Crippen LogP contribution in [0.5, 0.6) is 0 Å². The molecule has 1 fully saturated rings. The second kappa shape index (κ2) is 5.54. The Morgan fingerprint density at radius 2 is 2.18 bits per heavy atom. The molecule has 2 N–H and O–H groups in total. The van der Waals surface area contributed by atoms with Gasteiger partial charge in [0.05, 0.1) is 17.1 Å². The minimum absolute atomic E-state index is 0.599. The molecule has 1 aromatic rings. The molecule has 0 amide bonds. The van der Waals surface area contributed by atoms with Crippen molar-refractivity contribution in [1.82, 2.24) is 15.1 Å². The number of nitrogens with one attached hydrogen (secondary N) is 2. The van der Waals surface area contributed by atoms with Crippen LogP contribution in [0.15, 0.2) is 0 Å². The van der Waals surface area contributed by atoms with E-state index in [1.807, 2.05) is 0 Å². The van der Waals surface area contributed by atoms with Crippen LogP contribution < -0.4 is 5.32 Å². The van der Waals surface area contributed by atoms with Gasteiger partial charge in [0, 0.05) is 12.6 Å². The first kappa shape index (κ1) is 12.4. The topological polar surface area (TPSA) is 44.0 Å². The molecule has 2 rings (SSSR count). The maximum Gasteiger partial charge on any atom is 0.0825 e. The molecule has 0 radical (unpaired) electrons. The summed E-state index contributed by atoms with van der Waals surface area (Å²) < 4.78 is 0. The van der Waals surface area contributed by atoms with E-state index < -0.39 is 0 Å². The van der Waals surface area contributed by atoms with Crippen molar-refractivity contribution in [3.8, 4) is 0 Å². The minimum atomic E-state index is 0.599. The first-order valence-electron chi connectivity index (χ1n) is 6.71. The summed E-state index contributed by atoms with van der Waals surface area (Å²) in [4.78, 5) is 2.54. The Hall–Kier alpha value is -1.03. The van der Waals surface area contributed by atoms with Gasteiger partial charge in [-0.15, -0.1) is 0 Å². The van der Waals surface area contributed by atoms with Crippen LogP contribution in [0.3, 0.4) is 0 Å². The Morgan fingerprint density at radius 1 is 1.35 bits per heavy atom. The fourth-order valence-corrected chi connectivity index (χ4v) is 2.58. The molecule has 2 heterocycles. The summed E-state index contributed by atoms with van der Waals surface area (Å²) in [6.07, 6.45) is 3.79. The van der Waals surface area contributed by atoms with Gasteiger partial charge in [-0.2, -0.15) is 5.10 Å². The van der Waals surface area contributed by atoms with Gasteiger partial charge < -0.3 is 10.2 Å². The average Bonchev–Trinajstić information content (AvgIpc) is 2.57. The Balaban J connectivity index is 1.95. The summed E-state index contributed by atoms with van der Waals surface area (Å²) >= 11 is 0. The van der Waals surface area contributed by atoms with Crippen LogP contribution in [0.4, 0.5) is 5.69 Å². The van der Waals surface area contributed by atoms with Gasteiger partial charge in [-0.05, 0) is 46.2 Å². The van der Waals surface area contributed by atoms with E-state index in [2.05, 4.69) is 41.2 Å². The van der Waals surface area contributed by atoms with Crippen molar-refractivity contribution in [1.29, 1.82) is 0 Å². The highest BCUT2D eigenvalue weighted by Gasteiger charge is 2.17. The molecule has 0 aliphatic carbocycles. The van der Waals surface area contributed by atoms with Gasteiger partial charge in [-0.25, -0.2) is 0 Å². The normalized spacial score (nSPS) is 22.4. The Labute approximate surface area is 104 Å². The molecular weight excluding hydrogens is 212 g/mol. The van der Waals surface area contributed by atoms with E-state index in [1.54, 1.807) is 0 Å². The minimum Gasteiger partial charge on any atom is -0.379 e. The van der Waals surface area contributed by atoms with Gasteiger partial charge in [-0.3, -0.25) is 5.10 Å². The van der Waals surface area contributed by atoms with Gasteiger partial charge >= 0.3 is 0 Å². The lowest BCUT2D eigenvalue weighted by atomic mass is 10.1. The van der Waals surface area contributed by atoms with Crippen molar-refractivity contribution in [2.24, 2.45) is 0 Å². The van der Waals surface area contributed by atoms with Crippen LogP contribution in [0.25, 0.3) is 0 Å². The molecule has 17 heavy (non-hydrogen) atoms. The average molecular weight is 236 g/mol. The molecule has 96 valence electrons. The molecule has 0 saturated carbocycles. The number of nitrogens with zero attached hydrogens (tertiary/aromatic N) is 2. The number of hydrogen-bond acceptors (Lipinski definition) is 3. The van der Waals surface area contributed by atoms with Crippen molar-refractivity contribution in [2.75, 3.05) is 25.0 Å². The van der Waals surface area contributed by atoms with Crippen molar-refractivity contribution < 1.29 is 0 Å². The number of H-pyrrole nitrogens is 1. The number of aryl methyl sites for hydroxylation is 2. The second-order valence-electron chi connectivity index (χ2n) is 5.02. The predicted octanol–water partition coefficient (Wildman–Crippen LogP) is 2.31. The van der Waals surface area contributed by atoms with Crippen LogP contribution in [0, 0.1) is 13.8 Å². The molecule has 1 aliphatic rings. The zero-order valence-corrected chi connectivity index (χ0v) is 11.2. The van der Waals surface area contributed by atoms with Crippen molar-refractivity contribution in [3.05, 3.63) is 11.4 Å². The monoisotopic (exact) mass is 236 g/mol. The standard InChI is InChI=1S/C13H24N4/c1-4-17-8-5-6-12(7-9-17)14-13-10(2)15-16-11(13)3/h12,14H,4-9H2,1-3H3,(H,15,16). The van der Waals surface area contributed by atoms with Gasteiger partial charge in [0.1, 0.15) is 0 Å².